The monoisotopic (exact) mass is 290 g/mol. The largest absolute Gasteiger partial charge is 0.455 e. The van der Waals surface area contributed by atoms with Crippen molar-refractivity contribution in [3.63, 3.8) is 0 Å². The van der Waals surface area contributed by atoms with Crippen molar-refractivity contribution in [3.05, 3.63) is 12.2 Å². The predicted octanol–water partition coefficient (Wildman–Crippen LogP) is 4.88. The SMILES string of the molecule is C=C(C)C(=O)O[C@@]12CCC[C@@](C)(CC[C@@H]3[C@@H]1CC3(C)C)C2. The van der Waals surface area contributed by atoms with E-state index in [1.807, 2.05) is 0 Å². The van der Waals surface area contributed by atoms with Crippen LogP contribution in [-0.4, -0.2) is 11.6 Å². The summed E-state index contributed by atoms with van der Waals surface area (Å²) in [5.74, 6) is 1.11. The molecule has 0 heterocycles. The molecule has 3 fully saturated rings. The average molecular weight is 290 g/mol. The molecule has 3 aliphatic rings. The second kappa shape index (κ2) is 4.60. The molecule has 118 valence electrons. The van der Waals surface area contributed by atoms with E-state index in [9.17, 15) is 4.79 Å². The molecule has 0 amide bonds. The van der Waals surface area contributed by atoms with Crippen molar-refractivity contribution in [2.75, 3.05) is 0 Å². The van der Waals surface area contributed by atoms with Crippen LogP contribution in [0.15, 0.2) is 12.2 Å². The smallest absolute Gasteiger partial charge is 0.333 e. The summed E-state index contributed by atoms with van der Waals surface area (Å²) in [6.45, 7) is 12.7. The molecule has 0 unspecified atom stereocenters. The molecule has 0 aliphatic heterocycles. The molecule has 4 atom stereocenters. The van der Waals surface area contributed by atoms with Gasteiger partial charge in [-0.25, -0.2) is 4.79 Å². The number of fused-ring (bicyclic) bond motifs is 4. The highest BCUT2D eigenvalue weighted by molar-refractivity contribution is 5.87. The molecule has 0 radical (unpaired) electrons. The Kier molecular flexibility index (Phi) is 3.31. The topological polar surface area (TPSA) is 26.3 Å². The lowest BCUT2D eigenvalue weighted by atomic mass is 9.49. The van der Waals surface area contributed by atoms with Crippen molar-refractivity contribution < 1.29 is 9.53 Å². The molecule has 3 aliphatic carbocycles. The van der Waals surface area contributed by atoms with E-state index in [0.29, 0.717) is 22.3 Å². The Labute approximate surface area is 129 Å². The van der Waals surface area contributed by atoms with Gasteiger partial charge < -0.3 is 4.74 Å². The molecule has 0 saturated heterocycles. The summed E-state index contributed by atoms with van der Waals surface area (Å²) in [5, 5.41) is 0. The molecule has 0 spiro atoms. The summed E-state index contributed by atoms with van der Waals surface area (Å²) in [6, 6.07) is 0. The first kappa shape index (κ1) is 15.1. The second-order valence-electron chi connectivity index (χ2n) is 9.02. The lowest BCUT2D eigenvalue weighted by molar-refractivity contribution is -0.198. The molecule has 0 N–H and O–H groups in total. The fraction of sp³-hybridized carbons (Fsp3) is 0.842. The summed E-state index contributed by atoms with van der Waals surface area (Å²) in [7, 11) is 0. The van der Waals surface area contributed by atoms with Crippen molar-refractivity contribution in [1.29, 1.82) is 0 Å². The normalized spacial score (nSPS) is 44.0. The molecule has 2 heteroatoms. The zero-order valence-electron chi connectivity index (χ0n) is 14.1. The second-order valence-corrected chi connectivity index (χ2v) is 9.02. The Balaban J connectivity index is 1.94. The quantitative estimate of drug-likeness (QED) is 0.535. The van der Waals surface area contributed by atoms with Crippen LogP contribution in [0.1, 0.15) is 72.6 Å². The summed E-state index contributed by atoms with van der Waals surface area (Å²) in [6.07, 6.45) is 8.42. The van der Waals surface area contributed by atoms with Gasteiger partial charge in [-0.1, -0.05) is 27.4 Å². The first-order valence-corrected chi connectivity index (χ1v) is 8.56. The Morgan fingerprint density at radius 3 is 2.48 bits per heavy atom. The Hall–Kier alpha value is -0.790. The minimum atomic E-state index is -0.209. The van der Waals surface area contributed by atoms with Gasteiger partial charge in [0.05, 0.1) is 0 Å². The van der Waals surface area contributed by atoms with Gasteiger partial charge >= 0.3 is 5.97 Å². The lowest BCUT2D eigenvalue weighted by Crippen LogP contribution is -2.58. The maximum absolute atomic E-state index is 12.2. The predicted molar refractivity (Wildman–Crippen MR) is 84.8 cm³/mol. The van der Waals surface area contributed by atoms with Gasteiger partial charge in [-0.3, -0.25) is 0 Å². The highest BCUT2D eigenvalue weighted by Gasteiger charge is 2.62. The van der Waals surface area contributed by atoms with Crippen LogP contribution < -0.4 is 0 Å². The number of carbonyl (C=O) groups is 1. The van der Waals surface area contributed by atoms with Crippen molar-refractivity contribution in [2.45, 2.75) is 78.2 Å². The molecule has 3 rings (SSSR count). The van der Waals surface area contributed by atoms with Gasteiger partial charge in [0, 0.05) is 11.5 Å². The molecule has 2 nitrogen and oxygen atoms in total. The van der Waals surface area contributed by atoms with E-state index in [2.05, 4.69) is 27.4 Å². The van der Waals surface area contributed by atoms with E-state index in [1.54, 1.807) is 6.92 Å². The molecule has 0 aromatic heterocycles. The Bertz CT molecular complexity index is 478. The molecular formula is C19H30O2. The zero-order chi connectivity index (χ0) is 15.5. The number of carbonyl (C=O) groups excluding carboxylic acids is 1. The average Bonchev–Trinajstić information content (AvgIpc) is 2.41. The van der Waals surface area contributed by atoms with Gasteiger partial charge in [-0.05, 0) is 68.6 Å². The molecule has 2 bridgehead atoms. The number of hydrogen-bond donors (Lipinski definition) is 0. The molecule has 3 saturated carbocycles. The van der Waals surface area contributed by atoms with Crippen LogP contribution in [0.4, 0.5) is 0 Å². The number of rotatable bonds is 2. The number of ether oxygens (including phenoxy) is 1. The zero-order valence-corrected chi connectivity index (χ0v) is 14.1. The fourth-order valence-electron chi connectivity index (χ4n) is 5.57. The number of esters is 1. The summed E-state index contributed by atoms with van der Waals surface area (Å²) < 4.78 is 6.15. The maximum atomic E-state index is 12.2. The van der Waals surface area contributed by atoms with Crippen LogP contribution in [0, 0.1) is 22.7 Å². The van der Waals surface area contributed by atoms with E-state index in [0.717, 1.165) is 18.8 Å². The van der Waals surface area contributed by atoms with Crippen molar-refractivity contribution in [2.24, 2.45) is 22.7 Å². The summed E-state index contributed by atoms with van der Waals surface area (Å²) in [4.78, 5) is 12.2. The van der Waals surface area contributed by atoms with Gasteiger partial charge in [-0.2, -0.15) is 0 Å². The minimum Gasteiger partial charge on any atom is -0.455 e. The van der Waals surface area contributed by atoms with Crippen LogP contribution in [0.25, 0.3) is 0 Å². The fourth-order valence-corrected chi connectivity index (χ4v) is 5.57. The van der Waals surface area contributed by atoms with Gasteiger partial charge in [0.2, 0.25) is 0 Å². The molecule has 0 aromatic carbocycles. The molecular weight excluding hydrogens is 260 g/mol. The summed E-state index contributed by atoms with van der Waals surface area (Å²) >= 11 is 0. The van der Waals surface area contributed by atoms with E-state index < -0.39 is 0 Å². The van der Waals surface area contributed by atoms with E-state index in [1.165, 1.54) is 32.1 Å². The van der Waals surface area contributed by atoms with Crippen molar-refractivity contribution in [3.8, 4) is 0 Å². The van der Waals surface area contributed by atoms with Gasteiger partial charge in [-0.15, -0.1) is 0 Å². The van der Waals surface area contributed by atoms with Crippen LogP contribution >= 0.6 is 0 Å². The van der Waals surface area contributed by atoms with Crippen LogP contribution in [0.2, 0.25) is 0 Å². The molecule has 21 heavy (non-hydrogen) atoms. The van der Waals surface area contributed by atoms with Crippen LogP contribution in [0.5, 0.6) is 0 Å². The lowest BCUT2D eigenvalue weighted by Gasteiger charge is -2.59. The van der Waals surface area contributed by atoms with Crippen molar-refractivity contribution >= 4 is 5.97 Å². The standard InChI is InChI=1S/C19H30O2/c1-13(2)16(20)21-19-9-6-8-18(5,12-19)10-7-14-15(19)11-17(14,3)4/h14-15H,1,6-12H2,2-5H3/t14-,15+,18+,19-/m1/s1. The van der Waals surface area contributed by atoms with Gasteiger partial charge in [0.25, 0.3) is 0 Å². The first-order valence-electron chi connectivity index (χ1n) is 8.56. The van der Waals surface area contributed by atoms with E-state index in [-0.39, 0.29) is 11.6 Å². The highest BCUT2D eigenvalue weighted by Crippen LogP contribution is 2.65. The third-order valence-corrected chi connectivity index (χ3v) is 6.72. The van der Waals surface area contributed by atoms with Crippen LogP contribution in [0.3, 0.4) is 0 Å². The van der Waals surface area contributed by atoms with Crippen LogP contribution in [-0.2, 0) is 9.53 Å². The maximum Gasteiger partial charge on any atom is 0.333 e. The first-order chi connectivity index (χ1) is 9.68. The Morgan fingerprint density at radius 2 is 1.86 bits per heavy atom. The Morgan fingerprint density at radius 1 is 1.14 bits per heavy atom. The minimum absolute atomic E-state index is 0.176. The third-order valence-electron chi connectivity index (χ3n) is 6.72. The molecule has 0 aromatic rings. The number of hydrogen-bond acceptors (Lipinski definition) is 2. The highest BCUT2D eigenvalue weighted by atomic mass is 16.6. The van der Waals surface area contributed by atoms with E-state index >= 15 is 0 Å². The van der Waals surface area contributed by atoms with E-state index in [4.69, 9.17) is 4.74 Å². The summed E-state index contributed by atoms with van der Waals surface area (Å²) in [5.41, 5.74) is 1.11. The van der Waals surface area contributed by atoms with Gasteiger partial charge in [0.1, 0.15) is 5.60 Å². The third kappa shape index (κ3) is 2.35. The van der Waals surface area contributed by atoms with Crippen molar-refractivity contribution in [1.82, 2.24) is 0 Å². The van der Waals surface area contributed by atoms with Gasteiger partial charge in [0.15, 0.2) is 0 Å².